The summed E-state index contributed by atoms with van der Waals surface area (Å²) < 4.78 is 30.0. The highest BCUT2D eigenvalue weighted by molar-refractivity contribution is 8.16. The molecule has 0 bridgehead atoms. The Labute approximate surface area is 172 Å². The Hall–Kier alpha value is -2.83. The molecule has 0 saturated carbocycles. The predicted molar refractivity (Wildman–Crippen MR) is 112 cm³/mol. The standard InChI is InChI=1S/C20H17N3O4S2/c21-11-10-19(24)22-20-23(17-12-29(25,26)13-18(17)28-20)14-6-8-16(9-7-14)27-15-4-2-1-3-5-15/h1-9,17-18H,10,12-13H2/t17-,18+/m0/s1. The Morgan fingerprint density at radius 3 is 2.52 bits per heavy atom. The zero-order chi connectivity index (χ0) is 20.4. The molecule has 2 fully saturated rings. The molecule has 2 aromatic rings. The van der Waals surface area contributed by atoms with E-state index in [9.17, 15) is 13.2 Å². The van der Waals surface area contributed by atoms with Crippen LogP contribution < -0.4 is 9.64 Å². The first kappa shape index (κ1) is 19.5. The number of anilines is 1. The van der Waals surface area contributed by atoms with Gasteiger partial charge in [0, 0.05) is 10.9 Å². The molecule has 0 radical (unpaired) electrons. The van der Waals surface area contributed by atoms with E-state index in [0.29, 0.717) is 16.7 Å². The van der Waals surface area contributed by atoms with Gasteiger partial charge in [0.15, 0.2) is 15.0 Å². The van der Waals surface area contributed by atoms with E-state index in [1.165, 1.54) is 11.8 Å². The van der Waals surface area contributed by atoms with E-state index < -0.39 is 15.7 Å². The minimum Gasteiger partial charge on any atom is -0.457 e. The Balaban J connectivity index is 1.62. The maximum absolute atomic E-state index is 12.1. The van der Waals surface area contributed by atoms with Gasteiger partial charge in [0.05, 0.1) is 23.6 Å². The van der Waals surface area contributed by atoms with Crippen LogP contribution in [0.15, 0.2) is 59.6 Å². The van der Waals surface area contributed by atoms with E-state index in [4.69, 9.17) is 10.00 Å². The van der Waals surface area contributed by atoms with Gasteiger partial charge in [0.25, 0.3) is 5.91 Å². The third-order valence-electron chi connectivity index (χ3n) is 4.61. The lowest BCUT2D eigenvalue weighted by Gasteiger charge is -2.24. The number of ether oxygens (including phenoxy) is 1. The number of rotatable bonds is 4. The number of amides is 1. The van der Waals surface area contributed by atoms with Crippen LogP contribution in [0.25, 0.3) is 0 Å². The maximum atomic E-state index is 12.1. The van der Waals surface area contributed by atoms with Crippen molar-refractivity contribution in [3.05, 3.63) is 54.6 Å². The van der Waals surface area contributed by atoms with Crippen molar-refractivity contribution in [2.24, 2.45) is 4.99 Å². The van der Waals surface area contributed by atoms with Crippen LogP contribution in [0.3, 0.4) is 0 Å². The van der Waals surface area contributed by atoms with Gasteiger partial charge < -0.3 is 9.64 Å². The van der Waals surface area contributed by atoms with Crippen LogP contribution in [-0.4, -0.2) is 42.3 Å². The molecule has 0 aliphatic carbocycles. The van der Waals surface area contributed by atoms with Gasteiger partial charge in [-0.2, -0.15) is 10.3 Å². The molecule has 2 aliphatic heterocycles. The summed E-state index contributed by atoms with van der Waals surface area (Å²) >= 11 is 1.28. The molecule has 0 aromatic heterocycles. The minimum absolute atomic E-state index is 0.0123. The van der Waals surface area contributed by atoms with Crippen LogP contribution in [0.4, 0.5) is 5.69 Å². The van der Waals surface area contributed by atoms with E-state index in [2.05, 4.69) is 4.99 Å². The predicted octanol–water partition coefficient (Wildman–Crippen LogP) is 2.99. The highest BCUT2D eigenvalue weighted by Gasteiger charge is 2.49. The van der Waals surface area contributed by atoms with Crippen molar-refractivity contribution in [1.29, 1.82) is 5.26 Å². The average molecular weight is 428 g/mol. The first-order valence-electron chi connectivity index (χ1n) is 8.93. The topological polar surface area (TPSA) is 99.8 Å². The molecule has 0 N–H and O–H groups in total. The molecule has 0 spiro atoms. The normalized spacial score (nSPS) is 23.6. The number of amidine groups is 1. The molecular formula is C20H17N3O4S2. The van der Waals surface area contributed by atoms with Crippen molar-refractivity contribution in [2.45, 2.75) is 17.7 Å². The highest BCUT2D eigenvalue weighted by atomic mass is 32.2. The number of hydrogen-bond acceptors (Lipinski definition) is 6. The van der Waals surface area contributed by atoms with Crippen LogP contribution in [0, 0.1) is 11.3 Å². The molecule has 2 aliphatic rings. The zero-order valence-electron chi connectivity index (χ0n) is 15.3. The molecule has 1 amide bonds. The number of para-hydroxylation sites is 1. The molecule has 4 rings (SSSR count). The Morgan fingerprint density at radius 1 is 1.14 bits per heavy atom. The van der Waals surface area contributed by atoms with Gasteiger partial charge in [-0.05, 0) is 36.4 Å². The van der Waals surface area contributed by atoms with E-state index in [1.54, 1.807) is 23.1 Å². The Kier molecular flexibility index (Phi) is 5.30. The molecular weight excluding hydrogens is 410 g/mol. The fourth-order valence-corrected chi connectivity index (χ4v) is 7.31. The van der Waals surface area contributed by atoms with Crippen molar-refractivity contribution in [3.63, 3.8) is 0 Å². The Morgan fingerprint density at radius 2 is 1.83 bits per heavy atom. The molecule has 9 heteroatoms. The second-order valence-corrected chi connectivity index (χ2v) is 10.1. The summed E-state index contributed by atoms with van der Waals surface area (Å²) in [7, 11) is -3.14. The summed E-state index contributed by atoms with van der Waals surface area (Å²) in [4.78, 5) is 17.7. The fourth-order valence-electron chi connectivity index (χ4n) is 3.38. The molecule has 2 atom stereocenters. The lowest BCUT2D eigenvalue weighted by molar-refractivity contribution is -0.116. The van der Waals surface area contributed by atoms with Gasteiger partial charge in [-0.1, -0.05) is 30.0 Å². The van der Waals surface area contributed by atoms with Crippen molar-refractivity contribution in [1.82, 2.24) is 0 Å². The monoisotopic (exact) mass is 427 g/mol. The van der Waals surface area contributed by atoms with Gasteiger partial charge in [-0.25, -0.2) is 8.42 Å². The minimum atomic E-state index is -3.14. The number of aliphatic imine (C=N–C) groups is 1. The number of nitrogens with zero attached hydrogens (tertiary/aromatic N) is 3. The van der Waals surface area contributed by atoms with E-state index in [-0.39, 0.29) is 29.2 Å². The maximum Gasteiger partial charge on any atom is 0.262 e. The number of nitriles is 1. The number of hydrogen-bond donors (Lipinski definition) is 0. The summed E-state index contributed by atoms with van der Waals surface area (Å²) in [6.07, 6.45) is -0.310. The molecule has 0 unspecified atom stereocenters. The largest absolute Gasteiger partial charge is 0.457 e. The van der Waals surface area contributed by atoms with E-state index in [1.807, 2.05) is 42.5 Å². The van der Waals surface area contributed by atoms with E-state index in [0.717, 1.165) is 5.69 Å². The van der Waals surface area contributed by atoms with Gasteiger partial charge >= 0.3 is 0 Å². The SMILES string of the molecule is N#CCC(=O)N=C1S[C@@H]2CS(=O)(=O)C[C@@H]2N1c1ccc(Oc2ccccc2)cc1. The van der Waals surface area contributed by atoms with Crippen LogP contribution in [-0.2, 0) is 14.6 Å². The number of carbonyl (C=O) groups is 1. The second kappa shape index (κ2) is 7.89. The van der Waals surface area contributed by atoms with Crippen molar-refractivity contribution < 1.29 is 17.9 Å². The number of benzene rings is 2. The highest BCUT2D eigenvalue weighted by Crippen LogP contribution is 2.41. The van der Waals surface area contributed by atoms with Crippen molar-refractivity contribution in [2.75, 3.05) is 16.4 Å². The molecule has 7 nitrogen and oxygen atoms in total. The number of sulfone groups is 1. The van der Waals surface area contributed by atoms with Crippen molar-refractivity contribution in [3.8, 4) is 17.6 Å². The second-order valence-electron chi connectivity index (χ2n) is 6.70. The smallest absolute Gasteiger partial charge is 0.262 e. The quantitative estimate of drug-likeness (QED) is 0.739. The molecule has 2 aromatic carbocycles. The van der Waals surface area contributed by atoms with Crippen LogP contribution in [0.5, 0.6) is 11.5 Å². The van der Waals surface area contributed by atoms with Gasteiger partial charge in [0.1, 0.15) is 17.9 Å². The number of carbonyl (C=O) groups excluding carboxylic acids is 1. The van der Waals surface area contributed by atoms with Gasteiger partial charge in [-0.15, -0.1) is 0 Å². The Bertz CT molecular complexity index is 1090. The molecule has 148 valence electrons. The first-order valence-corrected chi connectivity index (χ1v) is 11.6. The van der Waals surface area contributed by atoms with E-state index >= 15 is 0 Å². The lowest BCUT2D eigenvalue weighted by Crippen LogP contribution is -2.37. The van der Waals surface area contributed by atoms with Gasteiger partial charge in [0.2, 0.25) is 0 Å². The number of thioether (sulfide) groups is 1. The first-order chi connectivity index (χ1) is 13.9. The fraction of sp³-hybridized carbons (Fsp3) is 0.250. The molecule has 2 heterocycles. The average Bonchev–Trinajstić information content (AvgIpc) is 3.14. The van der Waals surface area contributed by atoms with Crippen molar-refractivity contribution >= 4 is 38.4 Å². The van der Waals surface area contributed by atoms with Crippen LogP contribution >= 0.6 is 11.8 Å². The van der Waals surface area contributed by atoms with Crippen LogP contribution in [0.2, 0.25) is 0 Å². The third kappa shape index (κ3) is 4.28. The van der Waals surface area contributed by atoms with Crippen LogP contribution in [0.1, 0.15) is 6.42 Å². The number of fused-ring (bicyclic) bond motifs is 1. The summed E-state index contributed by atoms with van der Waals surface area (Å²) in [6, 6.07) is 18.1. The summed E-state index contributed by atoms with van der Waals surface area (Å²) in [5, 5.41) is 8.97. The zero-order valence-corrected chi connectivity index (χ0v) is 16.9. The third-order valence-corrected chi connectivity index (χ3v) is 7.82. The summed E-state index contributed by atoms with van der Waals surface area (Å²) in [5.41, 5.74) is 0.728. The van der Waals surface area contributed by atoms with Gasteiger partial charge in [-0.3, -0.25) is 4.79 Å². The molecule has 29 heavy (non-hydrogen) atoms. The lowest BCUT2D eigenvalue weighted by atomic mass is 10.2. The summed E-state index contributed by atoms with van der Waals surface area (Å²) in [5.74, 6) is 0.884. The summed E-state index contributed by atoms with van der Waals surface area (Å²) in [6.45, 7) is 0. The molecule has 2 saturated heterocycles.